The highest BCUT2D eigenvalue weighted by atomic mass is 35.5. The molecule has 0 aliphatic carbocycles. The Balaban J connectivity index is 2.16. The standard InChI is InChI=1S/C18H17Cl2F2N4OS/c1-25-16(12(19)8-24)11-6-15(28-17(11)20)18(27)26-10(7-23)4-9-2-3-13(21)14(22)5-9/h2-3,5-6,8,10,23H,4,7,24H2,1H3,(H,26,27)/q-1/p+1. The van der Waals surface area contributed by atoms with Crippen LogP contribution in [0.5, 0.6) is 0 Å². The van der Waals surface area contributed by atoms with Gasteiger partial charge in [0.2, 0.25) is 5.71 Å². The molecule has 0 saturated carbocycles. The van der Waals surface area contributed by atoms with Crippen molar-refractivity contribution in [3.8, 4) is 0 Å². The molecule has 0 radical (unpaired) electrons. The molecule has 5 N–H and O–H groups in total. The number of benzene rings is 1. The summed E-state index contributed by atoms with van der Waals surface area (Å²) in [6.07, 6.45) is 1.40. The molecule has 2 aromatic rings. The maximum atomic E-state index is 13.4. The van der Waals surface area contributed by atoms with Crippen molar-refractivity contribution in [1.29, 1.82) is 0 Å². The quantitative estimate of drug-likeness (QED) is 0.570. The predicted octanol–water partition coefficient (Wildman–Crippen LogP) is 2.61. The Kier molecular flexibility index (Phi) is 7.94. The fourth-order valence-corrected chi connectivity index (χ4v) is 3.89. The monoisotopic (exact) mass is 446 g/mol. The minimum Gasteiger partial charge on any atom is -0.676 e. The van der Waals surface area contributed by atoms with Crippen LogP contribution in [0.15, 0.2) is 35.5 Å². The third kappa shape index (κ3) is 5.29. The van der Waals surface area contributed by atoms with E-state index in [1.807, 2.05) is 0 Å². The van der Waals surface area contributed by atoms with Gasteiger partial charge in [0.1, 0.15) is 16.4 Å². The predicted molar refractivity (Wildman–Crippen MR) is 109 cm³/mol. The lowest BCUT2D eigenvalue weighted by Crippen LogP contribution is -2.68. The van der Waals surface area contributed by atoms with Crippen molar-refractivity contribution in [2.75, 3.05) is 13.6 Å². The van der Waals surface area contributed by atoms with Crippen molar-refractivity contribution < 1.29 is 18.6 Å². The minimum atomic E-state index is -0.970. The van der Waals surface area contributed by atoms with Crippen molar-refractivity contribution in [2.45, 2.75) is 12.5 Å². The van der Waals surface area contributed by atoms with Gasteiger partial charge in [-0.25, -0.2) is 13.8 Å². The number of halogens is 4. The number of hydrogen-bond acceptors (Lipinski definition) is 3. The number of carbonyl (C=O) groups is 1. The highest BCUT2D eigenvalue weighted by Gasteiger charge is 2.23. The summed E-state index contributed by atoms with van der Waals surface area (Å²) in [4.78, 5) is 15.8. The molecule has 1 amide bonds. The largest absolute Gasteiger partial charge is 0.676 e. The average Bonchev–Trinajstić information content (AvgIpc) is 3.06. The average molecular weight is 447 g/mol. The zero-order valence-electron chi connectivity index (χ0n) is 14.8. The summed E-state index contributed by atoms with van der Waals surface area (Å²) < 4.78 is 26.7. The molecule has 1 aromatic heterocycles. The Morgan fingerprint density at radius 2 is 2.11 bits per heavy atom. The van der Waals surface area contributed by atoms with Gasteiger partial charge in [-0.15, -0.1) is 17.9 Å². The third-order valence-electron chi connectivity index (χ3n) is 3.86. The van der Waals surface area contributed by atoms with Crippen LogP contribution in [0.4, 0.5) is 8.78 Å². The van der Waals surface area contributed by atoms with E-state index in [1.54, 1.807) is 13.1 Å². The van der Waals surface area contributed by atoms with Crippen LogP contribution in [0.1, 0.15) is 20.8 Å². The van der Waals surface area contributed by atoms with Crippen LogP contribution in [-0.2, 0) is 6.42 Å². The molecule has 0 spiro atoms. The molecule has 2 rings (SSSR count). The molecule has 0 saturated heterocycles. The van der Waals surface area contributed by atoms with Gasteiger partial charge >= 0.3 is 0 Å². The SMILES string of the molecule is C[NH+]=C(C(Cl)=CN)c1cc(C(=O)NC(C[NH-])Cc2ccc(F)c(F)c2)sc1Cl. The normalized spacial score (nSPS) is 13.5. The lowest BCUT2D eigenvalue weighted by atomic mass is 10.1. The fraction of sp³-hybridized carbons (Fsp3) is 0.222. The first kappa shape index (κ1) is 22.3. The van der Waals surface area contributed by atoms with Gasteiger partial charge in [0.15, 0.2) is 11.6 Å². The summed E-state index contributed by atoms with van der Waals surface area (Å²) >= 11 is 13.3. The first-order valence-electron chi connectivity index (χ1n) is 8.12. The van der Waals surface area contributed by atoms with E-state index in [4.69, 9.17) is 34.7 Å². The zero-order valence-corrected chi connectivity index (χ0v) is 17.1. The van der Waals surface area contributed by atoms with Crippen LogP contribution in [0.2, 0.25) is 4.34 Å². The number of thiophene rings is 1. The number of hydrogen-bond donors (Lipinski definition) is 3. The molecule has 1 unspecified atom stereocenters. The van der Waals surface area contributed by atoms with Crippen molar-refractivity contribution in [1.82, 2.24) is 5.32 Å². The number of nitrogens with two attached hydrogens (primary N) is 1. The number of rotatable bonds is 7. The lowest BCUT2D eigenvalue weighted by molar-refractivity contribution is -0.418. The molecular weight excluding hydrogens is 429 g/mol. The Morgan fingerprint density at radius 1 is 1.39 bits per heavy atom. The van der Waals surface area contributed by atoms with Gasteiger partial charge in [-0.3, -0.25) is 4.79 Å². The molecule has 0 fully saturated rings. The van der Waals surface area contributed by atoms with Crippen molar-refractivity contribution in [3.63, 3.8) is 0 Å². The van der Waals surface area contributed by atoms with E-state index in [1.165, 1.54) is 12.3 Å². The molecular formula is C18H18Cl2F2N4OS. The molecule has 1 aromatic carbocycles. The lowest BCUT2D eigenvalue weighted by Gasteiger charge is -2.20. The van der Waals surface area contributed by atoms with Gasteiger partial charge in [0.25, 0.3) is 5.91 Å². The van der Waals surface area contributed by atoms with Gasteiger partial charge in [-0.1, -0.05) is 29.3 Å². The summed E-state index contributed by atoms with van der Waals surface area (Å²) in [5.41, 5.74) is 14.5. The van der Waals surface area contributed by atoms with E-state index in [0.29, 0.717) is 26.1 Å². The van der Waals surface area contributed by atoms with Crippen LogP contribution in [-0.4, -0.2) is 31.3 Å². The Morgan fingerprint density at radius 3 is 2.68 bits per heavy atom. The summed E-state index contributed by atoms with van der Waals surface area (Å²) in [5.74, 6) is -2.35. The topological polar surface area (TPSA) is 92.9 Å². The van der Waals surface area contributed by atoms with Crippen LogP contribution >= 0.6 is 34.5 Å². The van der Waals surface area contributed by atoms with Crippen molar-refractivity contribution in [2.24, 2.45) is 5.73 Å². The number of nitrogens with one attached hydrogen (secondary N) is 3. The molecule has 5 nitrogen and oxygen atoms in total. The highest BCUT2D eigenvalue weighted by molar-refractivity contribution is 7.18. The molecule has 10 heteroatoms. The van der Waals surface area contributed by atoms with Gasteiger partial charge in [-0.05, 0) is 30.2 Å². The minimum absolute atomic E-state index is 0.133. The molecule has 0 bridgehead atoms. The Labute approximate surface area is 175 Å². The van der Waals surface area contributed by atoms with E-state index < -0.39 is 23.6 Å². The molecule has 1 atom stereocenters. The van der Waals surface area contributed by atoms with E-state index in [0.717, 1.165) is 23.5 Å². The second kappa shape index (κ2) is 9.97. The second-order valence-corrected chi connectivity index (χ2v) is 7.83. The molecule has 0 aliphatic rings. The first-order valence-corrected chi connectivity index (χ1v) is 9.69. The maximum Gasteiger partial charge on any atom is 0.261 e. The van der Waals surface area contributed by atoms with Gasteiger partial charge in [0, 0.05) is 12.2 Å². The fourth-order valence-electron chi connectivity index (χ4n) is 2.50. The van der Waals surface area contributed by atoms with Crippen LogP contribution in [0.3, 0.4) is 0 Å². The molecule has 0 aliphatic heterocycles. The summed E-state index contributed by atoms with van der Waals surface area (Å²) in [5, 5.41) is 2.96. The van der Waals surface area contributed by atoms with Crippen molar-refractivity contribution >= 4 is 46.2 Å². The summed E-state index contributed by atoms with van der Waals surface area (Å²) in [6.45, 7) is -0.133. The summed E-state index contributed by atoms with van der Waals surface area (Å²) in [7, 11) is 1.65. The first-order chi connectivity index (χ1) is 13.3. The number of amides is 1. The van der Waals surface area contributed by atoms with E-state index in [-0.39, 0.29) is 18.0 Å². The van der Waals surface area contributed by atoms with Crippen LogP contribution in [0.25, 0.3) is 5.73 Å². The number of carbonyl (C=O) groups excluding carboxylic acids is 1. The van der Waals surface area contributed by atoms with E-state index in [2.05, 4.69) is 10.3 Å². The maximum absolute atomic E-state index is 13.4. The second-order valence-electron chi connectivity index (χ2n) is 5.76. The molecule has 28 heavy (non-hydrogen) atoms. The Hall–Kier alpha value is -2.00. The zero-order chi connectivity index (χ0) is 20.8. The molecule has 150 valence electrons. The number of allylic oxidation sites excluding steroid dienone is 1. The Bertz CT molecular complexity index is 930. The smallest absolute Gasteiger partial charge is 0.261 e. The van der Waals surface area contributed by atoms with Gasteiger partial charge in [-0.2, -0.15) is 0 Å². The van der Waals surface area contributed by atoms with Gasteiger partial charge in [0.05, 0.1) is 10.4 Å². The van der Waals surface area contributed by atoms with Crippen LogP contribution in [0, 0.1) is 11.6 Å². The van der Waals surface area contributed by atoms with E-state index >= 15 is 0 Å². The summed E-state index contributed by atoms with van der Waals surface area (Å²) in [6, 6.07) is 4.48. The van der Waals surface area contributed by atoms with E-state index in [9.17, 15) is 13.6 Å². The van der Waals surface area contributed by atoms with Crippen molar-refractivity contribution in [3.05, 3.63) is 73.2 Å². The highest BCUT2D eigenvalue weighted by Crippen LogP contribution is 2.29. The third-order valence-corrected chi connectivity index (χ3v) is 5.54. The van der Waals surface area contributed by atoms with Crippen LogP contribution < -0.4 is 16.0 Å². The molecule has 1 heterocycles. The van der Waals surface area contributed by atoms with Gasteiger partial charge < -0.3 is 16.8 Å².